The third-order valence-corrected chi connectivity index (χ3v) is 5.13. The molecule has 3 rings (SSSR count). The smallest absolute Gasteiger partial charge is 0.266 e. The molecule has 0 aliphatic rings. The lowest BCUT2D eigenvalue weighted by Gasteiger charge is -2.07. The van der Waals surface area contributed by atoms with E-state index in [0.717, 1.165) is 22.9 Å². The van der Waals surface area contributed by atoms with Gasteiger partial charge < -0.3 is 0 Å². The molecule has 0 fully saturated rings. The van der Waals surface area contributed by atoms with Gasteiger partial charge in [0.15, 0.2) is 5.69 Å². The summed E-state index contributed by atoms with van der Waals surface area (Å²) in [4.78, 5) is 11.6. The lowest BCUT2D eigenvalue weighted by Crippen LogP contribution is -2.32. The van der Waals surface area contributed by atoms with E-state index in [9.17, 15) is 22.0 Å². The van der Waals surface area contributed by atoms with E-state index in [-0.39, 0.29) is 22.6 Å². The fourth-order valence-electron chi connectivity index (χ4n) is 2.40. The molecule has 1 amide bonds. The van der Waals surface area contributed by atoms with Crippen LogP contribution in [0.3, 0.4) is 0 Å². The largest absolute Gasteiger partial charge is 0.287 e. The van der Waals surface area contributed by atoms with E-state index in [2.05, 4.69) is 10.3 Å². The topological polar surface area (TPSA) is 118 Å². The summed E-state index contributed by atoms with van der Waals surface area (Å²) in [5.74, 6) is -2.96. The first-order valence-corrected chi connectivity index (χ1v) is 9.17. The van der Waals surface area contributed by atoms with Gasteiger partial charge in [-0.15, -0.1) is 5.10 Å². The first kappa shape index (κ1) is 19.1. The lowest BCUT2D eigenvalue weighted by molar-refractivity contribution is 0.0976. The molecule has 2 aromatic carbocycles. The van der Waals surface area contributed by atoms with Crippen LogP contribution in [0, 0.1) is 29.9 Å². The minimum Gasteiger partial charge on any atom is -0.266 e. The first-order chi connectivity index (χ1) is 13.2. The van der Waals surface area contributed by atoms with Gasteiger partial charge in [-0.1, -0.05) is 17.3 Å². The van der Waals surface area contributed by atoms with Crippen molar-refractivity contribution in [2.75, 3.05) is 0 Å². The van der Waals surface area contributed by atoms with Crippen molar-refractivity contribution in [3.05, 3.63) is 71.1 Å². The summed E-state index contributed by atoms with van der Waals surface area (Å²) in [6.45, 7) is 1.38. The molecule has 1 heterocycles. The monoisotopic (exact) mass is 403 g/mol. The molecule has 1 N–H and O–H groups in total. The zero-order valence-electron chi connectivity index (χ0n) is 14.2. The van der Waals surface area contributed by atoms with Gasteiger partial charge in [0.05, 0.1) is 17.3 Å². The summed E-state index contributed by atoms with van der Waals surface area (Å²) in [6.07, 6.45) is 0. The van der Waals surface area contributed by atoms with Crippen LogP contribution >= 0.6 is 0 Å². The van der Waals surface area contributed by atoms with Crippen molar-refractivity contribution in [3.8, 4) is 11.8 Å². The number of hydrogen-bond donors (Lipinski definition) is 1. The van der Waals surface area contributed by atoms with E-state index < -0.39 is 32.5 Å². The molecule has 0 bridgehead atoms. The average molecular weight is 403 g/mol. The fraction of sp³-hybridized carbons (Fsp3) is 0.0588. The number of aromatic nitrogens is 3. The van der Waals surface area contributed by atoms with Gasteiger partial charge in [0.2, 0.25) is 0 Å². The Morgan fingerprint density at radius 1 is 1.18 bits per heavy atom. The van der Waals surface area contributed by atoms with Crippen LogP contribution in [0.5, 0.6) is 0 Å². The van der Waals surface area contributed by atoms with E-state index in [1.807, 2.05) is 0 Å². The van der Waals surface area contributed by atoms with E-state index in [1.165, 1.54) is 31.2 Å². The molecule has 0 aliphatic heterocycles. The minimum atomic E-state index is -4.49. The maximum atomic E-state index is 14.2. The zero-order valence-corrected chi connectivity index (χ0v) is 15.0. The summed E-state index contributed by atoms with van der Waals surface area (Å²) in [5, 5.41) is 16.0. The average Bonchev–Trinajstić information content (AvgIpc) is 3.02. The van der Waals surface area contributed by atoms with Crippen molar-refractivity contribution in [1.82, 2.24) is 19.7 Å². The quantitative estimate of drug-likeness (QED) is 0.710. The highest BCUT2D eigenvalue weighted by Crippen LogP contribution is 2.18. The van der Waals surface area contributed by atoms with Crippen molar-refractivity contribution in [3.63, 3.8) is 0 Å². The van der Waals surface area contributed by atoms with E-state index in [4.69, 9.17) is 5.26 Å². The maximum absolute atomic E-state index is 14.2. The lowest BCUT2D eigenvalue weighted by atomic mass is 10.2. The summed E-state index contributed by atoms with van der Waals surface area (Å²) in [6, 6.07) is 9.93. The second-order valence-corrected chi connectivity index (χ2v) is 7.23. The third kappa shape index (κ3) is 3.45. The van der Waals surface area contributed by atoms with E-state index in [1.54, 1.807) is 10.8 Å². The molecule has 28 heavy (non-hydrogen) atoms. The Morgan fingerprint density at radius 3 is 2.54 bits per heavy atom. The number of carbonyl (C=O) groups is 1. The number of rotatable bonds is 4. The van der Waals surface area contributed by atoms with E-state index in [0.29, 0.717) is 0 Å². The molecular formula is C17H11F2N5O3S. The molecule has 0 aliphatic carbocycles. The Hall–Kier alpha value is -3.65. The van der Waals surface area contributed by atoms with Gasteiger partial charge in [0, 0.05) is 0 Å². The van der Waals surface area contributed by atoms with Gasteiger partial charge in [-0.05, 0) is 37.3 Å². The zero-order chi connectivity index (χ0) is 20.5. The number of hydrogen-bond acceptors (Lipinski definition) is 6. The van der Waals surface area contributed by atoms with Gasteiger partial charge in [-0.3, -0.25) is 4.79 Å². The number of nitrogens with zero attached hydrogens (tertiary/aromatic N) is 4. The highest BCUT2D eigenvalue weighted by atomic mass is 32.2. The molecule has 0 saturated carbocycles. The Morgan fingerprint density at radius 2 is 1.89 bits per heavy atom. The molecule has 0 atom stereocenters. The molecule has 3 aromatic rings. The third-order valence-electron chi connectivity index (χ3n) is 3.77. The van der Waals surface area contributed by atoms with Crippen LogP contribution in [0.1, 0.15) is 21.7 Å². The van der Waals surface area contributed by atoms with Crippen LogP contribution < -0.4 is 4.72 Å². The number of nitriles is 1. The Bertz CT molecular complexity index is 1230. The van der Waals surface area contributed by atoms with Crippen LogP contribution in [0.2, 0.25) is 0 Å². The molecule has 0 unspecified atom stereocenters. The molecular weight excluding hydrogens is 392 g/mol. The van der Waals surface area contributed by atoms with Gasteiger partial charge in [-0.2, -0.15) is 5.26 Å². The predicted molar refractivity (Wildman–Crippen MR) is 91.8 cm³/mol. The number of carbonyl (C=O) groups excluding carboxylic acids is 1. The number of nitrogens with one attached hydrogen (secondary N) is 1. The van der Waals surface area contributed by atoms with Gasteiger partial charge >= 0.3 is 0 Å². The van der Waals surface area contributed by atoms with Crippen LogP contribution in [-0.4, -0.2) is 29.3 Å². The normalized spacial score (nSPS) is 11.1. The summed E-state index contributed by atoms with van der Waals surface area (Å²) in [7, 11) is -4.49. The van der Waals surface area contributed by atoms with Crippen LogP contribution in [0.15, 0.2) is 47.4 Å². The molecule has 8 nitrogen and oxygen atoms in total. The number of sulfonamides is 1. The highest BCUT2D eigenvalue weighted by molar-refractivity contribution is 7.90. The highest BCUT2D eigenvalue weighted by Gasteiger charge is 2.26. The van der Waals surface area contributed by atoms with Crippen molar-refractivity contribution >= 4 is 15.9 Å². The second kappa shape index (κ2) is 7.16. The molecule has 1 aromatic heterocycles. The Balaban J connectivity index is 1.93. The summed E-state index contributed by atoms with van der Waals surface area (Å²) >= 11 is 0. The summed E-state index contributed by atoms with van der Waals surface area (Å²) in [5.41, 5.74) is -0.332. The second-order valence-electron chi connectivity index (χ2n) is 5.58. The minimum absolute atomic E-state index is 0.0461. The standard InChI is InChI=1S/C17H11F2N5O3S/c1-10-16(17(25)22-28(26,27)15-5-3-2-4-12(15)18)21-23-24(10)14-7-6-11(9-20)8-13(14)19/h2-8H,1H3,(H,22,25). The Kier molecular flexibility index (Phi) is 4.89. The van der Waals surface area contributed by atoms with Crippen molar-refractivity contribution in [2.24, 2.45) is 0 Å². The number of halogens is 2. The van der Waals surface area contributed by atoms with Gasteiger partial charge in [-0.25, -0.2) is 26.6 Å². The van der Waals surface area contributed by atoms with E-state index >= 15 is 0 Å². The van der Waals surface area contributed by atoms with Crippen LogP contribution in [0.4, 0.5) is 8.78 Å². The molecule has 0 saturated heterocycles. The fourth-order valence-corrected chi connectivity index (χ4v) is 3.44. The summed E-state index contributed by atoms with van der Waals surface area (Å²) < 4.78 is 55.1. The van der Waals surface area contributed by atoms with Gasteiger partial charge in [0.25, 0.3) is 15.9 Å². The Labute approximate surface area is 158 Å². The molecule has 0 radical (unpaired) electrons. The van der Waals surface area contributed by atoms with Gasteiger partial charge in [0.1, 0.15) is 22.2 Å². The maximum Gasteiger partial charge on any atom is 0.287 e. The SMILES string of the molecule is Cc1c(C(=O)NS(=O)(=O)c2ccccc2F)nnn1-c1ccc(C#N)cc1F. The number of benzene rings is 2. The molecule has 11 heteroatoms. The predicted octanol–water partition coefficient (Wildman–Crippen LogP) is 1.84. The first-order valence-electron chi connectivity index (χ1n) is 7.68. The number of amides is 1. The van der Waals surface area contributed by atoms with Crippen molar-refractivity contribution in [1.29, 1.82) is 5.26 Å². The van der Waals surface area contributed by atoms with Crippen LogP contribution in [-0.2, 0) is 10.0 Å². The van der Waals surface area contributed by atoms with Crippen LogP contribution in [0.25, 0.3) is 5.69 Å². The molecule has 0 spiro atoms. The van der Waals surface area contributed by atoms with Crippen molar-refractivity contribution in [2.45, 2.75) is 11.8 Å². The van der Waals surface area contributed by atoms with Crippen molar-refractivity contribution < 1.29 is 22.0 Å². The molecule has 142 valence electrons.